The zero-order valence-corrected chi connectivity index (χ0v) is 12.2. The van der Waals surface area contributed by atoms with E-state index in [1.165, 1.54) is 7.05 Å². The summed E-state index contributed by atoms with van der Waals surface area (Å²) in [6.45, 7) is 7.09. The second kappa shape index (κ2) is 9.96. The third-order valence-corrected chi connectivity index (χ3v) is 1.77. The van der Waals surface area contributed by atoms with Crippen LogP contribution in [0.1, 0.15) is 20.8 Å². The van der Waals surface area contributed by atoms with Crippen LogP contribution in [0.3, 0.4) is 0 Å². The van der Waals surface area contributed by atoms with Gasteiger partial charge in [-0.1, -0.05) is 0 Å². The van der Waals surface area contributed by atoms with Crippen molar-refractivity contribution < 1.29 is 28.9 Å². The number of nitrogens with zero attached hydrogens (tertiary/aromatic N) is 1. The monoisotopic (exact) mass is 279 g/mol. The van der Waals surface area contributed by atoms with E-state index in [1.54, 1.807) is 20.8 Å². The summed E-state index contributed by atoms with van der Waals surface area (Å²) in [5, 5.41) is 9.50. The Morgan fingerprint density at radius 2 is 1.58 bits per heavy atom. The third-order valence-electron chi connectivity index (χ3n) is 1.77. The van der Waals surface area contributed by atoms with E-state index in [2.05, 4.69) is 0 Å². The van der Waals surface area contributed by atoms with Gasteiger partial charge in [-0.25, -0.2) is 4.79 Å². The van der Waals surface area contributed by atoms with Gasteiger partial charge in [0.2, 0.25) is 0 Å². The quantitative estimate of drug-likeness (QED) is 0.497. The molecule has 1 amide bonds. The first-order valence-electron chi connectivity index (χ1n) is 6.23. The van der Waals surface area contributed by atoms with Gasteiger partial charge in [-0.05, 0) is 20.8 Å². The molecule has 7 heteroatoms. The number of carbonyl (C=O) groups is 1. The van der Waals surface area contributed by atoms with Gasteiger partial charge in [0.25, 0.3) is 0 Å². The molecule has 0 rings (SSSR count). The highest BCUT2D eigenvalue weighted by Gasteiger charge is 2.19. The fourth-order valence-electron chi connectivity index (χ4n) is 0.999. The number of hydroxylamine groups is 2. The van der Waals surface area contributed by atoms with Crippen LogP contribution < -0.4 is 0 Å². The number of aliphatic hydroxyl groups is 1. The molecule has 1 N–H and O–H groups in total. The van der Waals surface area contributed by atoms with Gasteiger partial charge in [0.1, 0.15) is 5.60 Å². The maximum atomic E-state index is 11.5. The molecule has 0 saturated heterocycles. The number of hydrogen-bond acceptors (Lipinski definition) is 6. The second-order valence-corrected chi connectivity index (χ2v) is 4.76. The molecule has 0 spiro atoms. The van der Waals surface area contributed by atoms with Crippen molar-refractivity contribution in [3.63, 3.8) is 0 Å². The molecule has 0 bridgehead atoms. The summed E-state index contributed by atoms with van der Waals surface area (Å²) in [4.78, 5) is 16.6. The molecular formula is C12H25NO6. The van der Waals surface area contributed by atoms with Gasteiger partial charge in [-0.2, -0.15) is 5.06 Å². The predicted molar refractivity (Wildman–Crippen MR) is 68.7 cm³/mol. The average molecular weight is 279 g/mol. The van der Waals surface area contributed by atoms with Gasteiger partial charge in [0.05, 0.1) is 39.6 Å². The molecule has 0 unspecified atom stereocenters. The van der Waals surface area contributed by atoms with Gasteiger partial charge < -0.3 is 19.3 Å². The maximum Gasteiger partial charge on any atom is 0.434 e. The van der Waals surface area contributed by atoms with Crippen molar-refractivity contribution in [3.05, 3.63) is 0 Å². The van der Waals surface area contributed by atoms with Gasteiger partial charge in [0, 0.05) is 7.05 Å². The fraction of sp³-hybridized carbons (Fsp3) is 0.917. The summed E-state index contributed by atoms with van der Waals surface area (Å²) >= 11 is 0. The molecule has 0 radical (unpaired) electrons. The minimum atomic E-state index is -0.546. The Morgan fingerprint density at radius 1 is 1.05 bits per heavy atom. The lowest BCUT2D eigenvalue weighted by molar-refractivity contribution is -0.143. The molecule has 0 aliphatic carbocycles. The summed E-state index contributed by atoms with van der Waals surface area (Å²) in [6, 6.07) is 0. The van der Waals surface area contributed by atoms with E-state index in [0.29, 0.717) is 26.4 Å². The van der Waals surface area contributed by atoms with E-state index < -0.39 is 11.7 Å². The first kappa shape index (κ1) is 18.1. The highest BCUT2D eigenvalue weighted by molar-refractivity contribution is 5.66. The number of carbonyl (C=O) groups excluding carboxylic acids is 1. The lowest BCUT2D eigenvalue weighted by Gasteiger charge is -2.23. The molecule has 7 nitrogen and oxygen atoms in total. The van der Waals surface area contributed by atoms with Crippen LogP contribution in [0, 0.1) is 0 Å². The van der Waals surface area contributed by atoms with Gasteiger partial charge in [0.15, 0.2) is 0 Å². The summed E-state index contributed by atoms with van der Waals surface area (Å²) in [5.74, 6) is 0. The Bertz CT molecular complexity index is 241. The Hall–Kier alpha value is -0.890. The minimum Gasteiger partial charge on any atom is -0.442 e. The molecular weight excluding hydrogens is 254 g/mol. The number of aliphatic hydroxyl groups excluding tert-OH is 1. The van der Waals surface area contributed by atoms with Crippen LogP contribution in [-0.2, 0) is 19.0 Å². The van der Waals surface area contributed by atoms with Gasteiger partial charge >= 0.3 is 6.09 Å². The Labute approximate surface area is 114 Å². The van der Waals surface area contributed by atoms with Gasteiger partial charge in [-0.15, -0.1) is 0 Å². The molecule has 0 fully saturated rings. The molecule has 0 saturated carbocycles. The molecule has 0 aromatic heterocycles. The Morgan fingerprint density at radius 3 is 2.11 bits per heavy atom. The first-order valence-corrected chi connectivity index (χ1v) is 6.23. The van der Waals surface area contributed by atoms with Crippen LogP contribution in [0.15, 0.2) is 0 Å². The van der Waals surface area contributed by atoms with Crippen molar-refractivity contribution in [2.45, 2.75) is 26.4 Å². The summed E-state index contributed by atoms with van der Waals surface area (Å²) in [6.07, 6.45) is -0.543. The lowest BCUT2D eigenvalue weighted by Crippen LogP contribution is -2.35. The van der Waals surface area contributed by atoms with Crippen LogP contribution in [0.2, 0.25) is 0 Å². The molecule has 0 aliphatic rings. The first-order chi connectivity index (χ1) is 8.87. The second-order valence-electron chi connectivity index (χ2n) is 4.76. The van der Waals surface area contributed by atoms with Crippen molar-refractivity contribution in [2.75, 3.05) is 46.7 Å². The zero-order chi connectivity index (χ0) is 14.7. The smallest absolute Gasteiger partial charge is 0.434 e. The number of hydrogen-bond donors (Lipinski definition) is 1. The molecule has 0 heterocycles. The SMILES string of the molecule is CN(OCCOCCOCCO)C(=O)OC(C)(C)C. The van der Waals surface area contributed by atoms with Crippen molar-refractivity contribution in [2.24, 2.45) is 0 Å². The van der Waals surface area contributed by atoms with Crippen LogP contribution in [0.25, 0.3) is 0 Å². The van der Waals surface area contributed by atoms with Crippen molar-refractivity contribution in [3.8, 4) is 0 Å². The standard InChI is InChI=1S/C12H25NO6/c1-12(2,3)19-11(15)13(4)18-10-9-17-8-7-16-6-5-14/h14H,5-10H2,1-4H3. The van der Waals surface area contributed by atoms with Crippen LogP contribution >= 0.6 is 0 Å². The van der Waals surface area contributed by atoms with Crippen LogP contribution in [0.5, 0.6) is 0 Å². The van der Waals surface area contributed by atoms with E-state index in [9.17, 15) is 4.79 Å². The normalized spacial score (nSPS) is 11.4. The van der Waals surface area contributed by atoms with E-state index in [4.69, 9.17) is 24.2 Å². The third kappa shape index (κ3) is 11.9. The topological polar surface area (TPSA) is 77.5 Å². The highest BCUT2D eigenvalue weighted by atomic mass is 16.7. The minimum absolute atomic E-state index is 0.00376. The Balaban J connectivity index is 3.48. The molecule has 0 atom stereocenters. The zero-order valence-electron chi connectivity index (χ0n) is 12.2. The predicted octanol–water partition coefficient (Wildman–Crippen LogP) is 0.810. The van der Waals surface area contributed by atoms with Crippen molar-refractivity contribution in [1.82, 2.24) is 5.06 Å². The largest absolute Gasteiger partial charge is 0.442 e. The Kier molecular flexibility index (Phi) is 9.50. The average Bonchev–Trinajstić information content (AvgIpc) is 2.30. The lowest BCUT2D eigenvalue weighted by atomic mass is 10.2. The van der Waals surface area contributed by atoms with E-state index >= 15 is 0 Å². The van der Waals surface area contributed by atoms with E-state index in [0.717, 1.165) is 5.06 Å². The molecule has 114 valence electrons. The molecule has 19 heavy (non-hydrogen) atoms. The summed E-state index contributed by atoms with van der Waals surface area (Å²) < 4.78 is 15.3. The summed E-state index contributed by atoms with van der Waals surface area (Å²) in [7, 11) is 1.48. The van der Waals surface area contributed by atoms with E-state index in [1.807, 2.05) is 0 Å². The number of ether oxygens (including phenoxy) is 3. The van der Waals surface area contributed by atoms with E-state index in [-0.39, 0.29) is 13.2 Å². The summed E-state index contributed by atoms with van der Waals surface area (Å²) in [5.41, 5.74) is -0.546. The number of amides is 1. The highest BCUT2D eigenvalue weighted by Crippen LogP contribution is 2.08. The van der Waals surface area contributed by atoms with Crippen molar-refractivity contribution in [1.29, 1.82) is 0 Å². The van der Waals surface area contributed by atoms with Crippen LogP contribution in [0.4, 0.5) is 4.79 Å². The number of rotatable bonds is 9. The fourth-order valence-corrected chi connectivity index (χ4v) is 0.999. The van der Waals surface area contributed by atoms with Gasteiger partial charge in [-0.3, -0.25) is 4.84 Å². The molecule has 0 aliphatic heterocycles. The van der Waals surface area contributed by atoms with Crippen LogP contribution in [-0.4, -0.2) is 68.6 Å². The molecule has 0 aromatic rings. The van der Waals surface area contributed by atoms with Crippen molar-refractivity contribution >= 4 is 6.09 Å². The maximum absolute atomic E-state index is 11.5. The molecule has 0 aromatic carbocycles.